The number of ether oxygens (including phenoxy) is 2. The second-order valence-electron chi connectivity index (χ2n) is 13.3. The largest absolute Gasteiger partial charge is 0.489 e. The molecular formula is C30H42F2N4O5S. The van der Waals surface area contributed by atoms with Crippen LogP contribution >= 0.6 is 10.0 Å². The van der Waals surface area contributed by atoms with Crippen molar-refractivity contribution in [2.24, 2.45) is 12.5 Å². The van der Waals surface area contributed by atoms with Crippen molar-refractivity contribution in [1.29, 1.82) is 0 Å². The Balaban J connectivity index is 2.27. The van der Waals surface area contributed by atoms with Crippen molar-refractivity contribution >= 4 is 32.9 Å². The Labute approximate surface area is 246 Å². The number of nitrogens with zero attached hydrogens (tertiary/aromatic N) is 3. The highest BCUT2D eigenvalue weighted by molar-refractivity contribution is 8.32. The molecule has 3 aromatic rings. The van der Waals surface area contributed by atoms with Gasteiger partial charge in [-0.15, -0.1) is 0 Å². The van der Waals surface area contributed by atoms with Crippen LogP contribution in [0.4, 0.5) is 8.78 Å². The minimum Gasteiger partial charge on any atom is -0.489 e. The van der Waals surface area contributed by atoms with Gasteiger partial charge in [0.05, 0.1) is 31.0 Å². The monoisotopic (exact) mass is 608 g/mol. The van der Waals surface area contributed by atoms with Crippen LogP contribution in [-0.2, 0) is 23.1 Å². The standard InChI is InChI=1S/C30H42F2N4O5S/c1-29(2,3)16-30(4,5)34-27(38)19-13-18(23(31)24(32)25(19)41-11-12-42(8,9)10)20-14-36(15-21(37)40-7)26-22(20)28(39)35(6)17-33-26/h13-14,17H,11-12,15-16H2,1-10H3,(H,34,38). The molecule has 0 bridgehead atoms. The van der Waals surface area contributed by atoms with E-state index in [9.17, 15) is 14.4 Å². The molecule has 0 saturated heterocycles. The van der Waals surface area contributed by atoms with E-state index in [4.69, 9.17) is 9.47 Å². The van der Waals surface area contributed by atoms with E-state index in [1.165, 1.54) is 41.9 Å². The van der Waals surface area contributed by atoms with E-state index < -0.39 is 50.4 Å². The Hall–Kier alpha value is -3.41. The zero-order valence-corrected chi connectivity index (χ0v) is 26.9. The van der Waals surface area contributed by atoms with Crippen molar-refractivity contribution in [2.45, 2.75) is 53.1 Å². The highest BCUT2D eigenvalue weighted by Gasteiger charge is 2.32. The van der Waals surface area contributed by atoms with Gasteiger partial charge in [-0.3, -0.25) is 14.4 Å². The Kier molecular flexibility index (Phi) is 9.51. The first kappa shape index (κ1) is 33.1. The minimum atomic E-state index is -1.34. The van der Waals surface area contributed by atoms with Gasteiger partial charge in [-0.2, -0.15) is 4.39 Å². The molecular weight excluding hydrogens is 566 g/mol. The maximum Gasteiger partial charge on any atom is 0.325 e. The lowest BCUT2D eigenvalue weighted by atomic mass is 9.81. The first-order valence-electron chi connectivity index (χ1n) is 13.5. The van der Waals surface area contributed by atoms with Gasteiger partial charge in [-0.05, 0) is 50.5 Å². The second kappa shape index (κ2) is 12.1. The van der Waals surface area contributed by atoms with Gasteiger partial charge < -0.3 is 23.9 Å². The smallest absolute Gasteiger partial charge is 0.325 e. The number of hydrogen-bond acceptors (Lipinski definition) is 6. The third-order valence-corrected chi connectivity index (χ3v) is 7.92. The quantitative estimate of drug-likeness (QED) is 0.330. The summed E-state index contributed by atoms with van der Waals surface area (Å²) in [7, 11) is 1.66. The fraction of sp³-hybridized carbons (Fsp3) is 0.533. The van der Waals surface area contributed by atoms with Crippen molar-refractivity contribution < 1.29 is 27.8 Å². The van der Waals surface area contributed by atoms with E-state index in [1.54, 1.807) is 0 Å². The number of hydrogen-bond donors (Lipinski definition) is 1. The average molecular weight is 609 g/mol. The number of aryl methyl sites for hydroxylation is 1. The number of nitrogens with one attached hydrogen (secondary N) is 1. The molecule has 0 fully saturated rings. The molecule has 0 radical (unpaired) electrons. The van der Waals surface area contributed by atoms with Crippen molar-refractivity contribution in [2.75, 3.05) is 38.2 Å². The minimum absolute atomic E-state index is 0.0207. The molecule has 0 atom stereocenters. The van der Waals surface area contributed by atoms with E-state index in [2.05, 4.69) is 29.1 Å². The molecule has 12 heteroatoms. The van der Waals surface area contributed by atoms with Crippen molar-refractivity contribution in [3.63, 3.8) is 0 Å². The summed E-state index contributed by atoms with van der Waals surface area (Å²) in [6.07, 6.45) is 9.41. The number of rotatable bonds is 10. The SMILES string of the molecule is COC(=O)Cn1cc(-c2cc(C(=O)NC(C)(C)CC(C)(C)C)c(OCCS(C)(C)C)c(F)c2F)c2c(=O)n(C)cnc21. The van der Waals surface area contributed by atoms with Gasteiger partial charge in [-0.1, -0.05) is 20.8 Å². The molecule has 0 aliphatic heterocycles. The first-order valence-corrected chi connectivity index (χ1v) is 16.5. The summed E-state index contributed by atoms with van der Waals surface area (Å²) in [6, 6.07) is 1.20. The van der Waals surface area contributed by atoms with Crippen LogP contribution in [0.15, 0.2) is 23.4 Å². The molecule has 0 aliphatic rings. The van der Waals surface area contributed by atoms with Crippen LogP contribution in [0.2, 0.25) is 0 Å². The first-order chi connectivity index (χ1) is 19.2. The summed E-state index contributed by atoms with van der Waals surface area (Å²) in [6.45, 7) is 9.60. The molecule has 0 unspecified atom stereocenters. The normalized spacial score (nSPS) is 12.9. The maximum atomic E-state index is 15.9. The lowest BCUT2D eigenvalue weighted by Gasteiger charge is -2.33. The molecule has 1 aromatic carbocycles. The highest BCUT2D eigenvalue weighted by atomic mass is 32.3. The van der Waals surface area contributed by atoms with Crippen LogP contribution in [0.1, 0.15) is 51.4 Å². The number of fused-ring (bicyclic) bond motifs is 1. The van der Waals surface area contributed by atoms with Crippen LogP contribution in [0.5, 0.6) is 5.75 Å². The molecule has 1 amide bonds. The summed E-state index contributed by atoms with van der Waals surface area (Å²) >= 11 is 0. The van der Waals surface area contributed by atoms with Gasteiger partial charge in [0.1, 0.15) is 12.2 Å². The van der Waals surface area contributed by atoms with Gasteiger partial charge in [0.15, 0.2) is 11.6 Å². The fourth-order valence-corrected chi connectivity index (χ4v) is 5.63. The van der Waals surface area contributed by atoms with E-state index in [0.717, 1.165) is 0 Å². The maximum absolute atomic E-state index is 15.9. The zero-order valence-electron chi connectivity index (χ0n) is 26.1. The van der Waals surface area contributed by atoms with Gasteiger partial charge in [0.2, 0.25) is 5.82 Å². The number of amides is 1. The number of halogens is 2. The van der Waals surface area contributed by atoms with Gasteiger partial charge in [0, 0.05) is 35.7 Å². The number of aromatic nitrogens is 3. The van der Waals surface area contributed by atoms with Crippen LogP contribution < -0.4 is 15.6 Å². The topological polar surface area (TPSA) is 104 Å². The lowest BCUT2D eigenvalue weighted by Crippen LogP contribution is -2.46. The van der Waals surface area contributed by atoms with Crippen molar-refractivity contribution in [3.05, 3.63) is 46.1 Å². The van der Waals surface area contributed by atoms with E-state index in [-0.39, 0.29) is 46.3 Å². The summed E-state index contributed by atoms with van der Waals surface area (Å²) in [4.78, 5) is 43.3. The third kappa shape index (κ3) is 7.70. The molecule has 1 N–H and O–H groups in total. The van der Waals surface area contributed by atoms with E-state index in [1.807, 2.05) is 34.6 Å². The zero-order chi connectivity index (χ0) is 31.8. The van der Waals surface area contributed by atoms with Gasteiger partial charge >= 0.3 is 5.97 Å². The van der Waals surface area contributed by atoms with Crippen molar-refractivity contribution in [3.8, 4) is 16.9 Å². The van der Waals surface area contributed by atoms with E-state index >= 15 is 8.78 Å². The highest BCUT2D eigenvalue weighted by Crippen LogP contribution is 2.38. The molecule has 0 spiro atoms. The van der Waals surface area contributed by atoms with Crippen LogP contribution in [0, 0.1) is 17.0 Å². The Bertz CT molecular complexity index is 1570. The lowest BCUT2D eigenvalue weighted by molar-refractivity contribution is -0.141. The molecule has 232 valence electrons. The summed E-state index contributed by atoms with van der Waals surface area (Å²) in [5.74, 6) is -3.79. The van der Waals surface area contributed by atoms with E-state index in [0.29, 0.717) is 12.2 Å². The Morgan fingerprint density at radius 3 is 2.29 bits per heavy atom. The molecule has 2 aromatic heterocycles. The van der Waals surface area contributed by atoms with Crippen LogP contribution in [-0.4, -0.2) is 69.8 Å². The fourth-order valence-electron chi connectivity index (χ4n) is 5.05. The third-order valence-electron chi connectivity index (χ3n) is 6.53. The summed E-state index contributed by atoms with van der Waals surface area (Å²) < 4.78 is 44.8. The summed E-state index contributed by atoms with van der Waals surface area (Å²) in [5.41, 5.74) is -1.83. The number of carbonyl (C=O) groups excluding carboxylic acids is 2. The number of carbonyl (C=O) groups is 2. The molecule has 3 rings (SSSR count). The molecule has 0 aliphatic carbocycles. The van der Waals surface area contributed by atoms with Crippen LogP contribution in [0.3, 0.4) is 0 Å². The predicted molar refractivity (Wildman–Crippen MR) is 164 cm³/mol. The molecule has 9 nitrogen and oxygen atoms in total. The molecule has 0 saturated carbocycles. The predicted octanol–water partition coefficient (Wildman–Crippen LogP) is 4.87. The Morgan fingerprint density at radius 1 is 1.07 bits per heavy atom. The van der Waals surface area contributed by atoms with Gasteiger partial charge in [-0.25, -0.2) is 19.4 Å². The number of benzene rings is 1. The second-order valence-corrected chi connectivity index (χ2v) is 17.8. The number of esters is 1. The Morgan fingerprint density at radius 2 is 1.71 bits per heavy atom. The van der Waals surface area contributed by atoms with Gasteiger partial charge in [0.25, 0.3) is 11.5 Å². The molecule has 42 heavy (non-hydrogen) atoms. The number of methoxy groups -OCH3 is 1. The van der Waals surface area contributed by atoms with Crippen molar-refractivity contribution in [1.82, 2.24) is 19.4 Å². The average Bonchev–Trinajstić information content (AvgIpc) is 3.19. The van der Waals surface area contributed by atoms with Crippen LogP contribution in [0.25, 0.3) is 22.2 Å². The molecule has 2 heterocycles. The summed E-state index contributed by atoms with van der Waals surface area (Å²) in [5, 5.41) is 2.92.